The van der Waals surface area contributed by atoms with Gasteiger partial charge >= 0.3 is 6.09 Å². The monoisotopic (exact) mass is 267 g/mol. The molecule has 1 aromatic rings. The zero-order valence-electron chi connectivity index (χ0n) is 12.3. The molecule has 0 fully saturated rings. The van der Waals surface area contributed by atoms with Crippen LogP contribution in [-0.4, -0.2) is 33.4 Å². The van der Waals surface area contributed by atoms with Gasteiger partial charge in [0, 0.05) is 5.69 Å². The van der Waals surface area contributed by atoms with Crippen molar-refractivity contribution in [3.05, 3.63) is 17.5 Å². The van der Waals surface area contributed by atoms with Crippen molar-refractivity contribution in [2.24, 2.45) is 0 Å². The molecule has 0 saturated carbocycles. The summed E-state index contributed by atoms with van der Waals surface area (Å²) in [4.78, 5) is 23.7. The van der Waals surface area contributed by atoms with Crippen LogP contribution in [0.5, 0.6) is 0 Å². The Balaban J connectivity index is 2.68. The molecule has 1 atom stereocenters. The maximum Gasteiger partial charge on any atom is 0.408 e. The highest BCUT2D eigenvalue weighted by molar-refractivity contribution is 5.87. The lowest BCUT2D eigenvalue weighted by atomic mass is 10.2. The van der Waals surface area contributed by atoms with Crippen LogP contribution in [0.3, 0.4) is 0 Å². The molecule has 0 aliphatic heterocycles. The van der Waals surface area contributed by atoms with Gasteiger partial charge in [0.15, 0.2) is 0 Å². The largest absolute Gasteiger partial charge is 0.444 e. The quantitative estimate of drug-likeness (QED) is 0.890. The number of carbonyl (C=O) groups excluding carboxylic acids is 2. The number of rotatable bonds is 2. The van der Waals surface area contributed by atoms with Crippen LogP contribution in [0.25, 0.3) is 0 Å². The van der Waals surface area contributed by atoms with Crippen molar-refractivity contribution in [3.8, 4) is 0 Å². The second kappa shape index (κ2) is 5.42. The first-order chi connectivity index (χ1) is 8.60. The number of aromatic nitrogens is 2. The van der Waals surface area contributed by atoms with Crippen LogP contribution >= 0.6 is 0 Å². The van der Waals surface area contributed by atoms with E-state index < -0.39 is 17.7 Å². The predicted octanol–water partition coefficient (Wildman–Crippen LogP) is 2.05. The van der Waals surface area contributed by atoms with E-state index in [1.807, 2.05) is 6.92 Å². The normalized spacial score (nSPS) is 12.9. The number of nitrogens with zero attached hydrogens (tertiary/aromatic N) is 2. The predicted molar refractivity (Wildman–Crippen MR) is 71.2 cm³/mol. The third-order valence-electron chi connectivity index (χ3n) is 2.32. The lowest BCUT2D eigenvalue weighted by Crippen LogP contribution is -2.44. The fourth-order valence-corrected chi connectivity index (χ4v) is 1.58. The minimum absolute atomic E-state index is 0.295. The number of nitrogens with one attached hydrogen (secondary N) is 1. The zero-order chi connectivity index (χ0) is 14.8. The molecule has 19 heavy (non-hydrogen) atoms. The summed E-state index contributed by atoms with van der Waals surface area (Å²) in [5, 5.41) is 6.59. The van der Waals surface area contributed by atoms with Gasteiger partial charge in [-0.1, -0.05) is 0 Å². The number of ether oxygens (including phenoxy) is 1. The highest BCUT2D eigenvalue weighted by atomic mass is 16.6. The fourth-order valence-electron chi connectivity index (χ4n) is 1.58. The van der Waals surface area contributed by atoms with Gasteiger partial charge in [-0.15, -0.1) is 0 Å². The molecule has 1 N–H and O–H groups in total. The van der Waals surface area contributed by atoms with Crippen molar-refractivity contribution in [2.75, 3.05) is 0 Å². The second-order valence-electron chi connectivity index (χ2n) is 5.55. The summed E-state index contributed by atoms with van der Waals surface area (Å²) >= 11 is 0. The first-order valence-corrected chi connectivity index (χ1v) is 6.17. The van der Waals surface area contributed by atoms with Gasteiger partial charge in [0.2, 0.25) is 0 Å². The Labute approximate surface area is 113 Å². The number of hydrogen-bond acceptors (Lipinski definition) is 4. The van der Waals surface area contributed by atoms with Gasteiger partial charge in [0.1, 0.15) is 11.6 Å². The van der Waals surface area contributed by atoms with Gasteiger partial charge in [-0.25, -0.2) is 9.48 Å². The summed E-state index contributed by atoms with van der Waals surface area (Å²) in [6.45, 7) is 10.5. The molecule has 0 aliphatic rings. The molecule has 1 aromatic heterocycles. The SMILES string of the molecule is Cc1cc(C)n(C(=O)[C@H](C)NC(=O)OC(C)(C)C)n1. The minimum atomic E-state index is -0.701. The molecular weight excluding hydrogens is 246 g/mol. The van der Waals surface area contributed by atoms with Crippen LogP contribution in [0.1, 0.15) is 43.9 Å². The third kappa shape index (κ3) is 4.39. The molecule has 0 aliphatic carbocycles. The molecule has 1 heterocycles. The highest BCUT2D eigenvalue weighted by Gasteiger charge is 2.23. The molecule has 106 valence electrons. The summed E-state index contributed by atoms with van der Waals surface area (Å²) in [6.07, 6.45) is -0.616. The van der Waals surface area contributed by atoms with E-state index >= 15 is 0 Å². The number of amides is 1. The summed E-state index contributed by atoms with van der Waals surface area (Å²) < 4.78 is 6.39. The molecule has 0 bridgehead atoms. The maximum absolute atomic E-state index is 12.1. The van der Waals surface area contributed by atoms with E-state index in [2.05, 4.69) is 10.4 Å². The van der Waals surface area contributed by atoms with Crippen molar-refractivity contribution in [1.82, 2.24) is 15.1 Å². The van der Waals surface area contributed by atoms with Crippen LogP contribution in [0, 0.1) is 13.8 Å². The fraction of sp³-hybridized carbons (Fsp3) is 0.615. The van der Waals surface area contributed by atoms with Crippen molar-refractivity contribution in [1.29, 1.82) is 0 Å². The number of aryl methyl sites for hydroxylation is 2. The number of hydrogen-bond donors (Lipinski definition) is 1. The first kappa shape index (κ1) is 15.2. The molecule has 1 rings (SSSR count). The molecule has 6 nitrogen and oxygen atoms in total. The molecule has 0 unspecified atom stereocenters. The Kier molecular flexibility index (Phi) is 4.34. The molecule has 6 heteroatoms. The first-order valence-electron chi connectivity index (χ1n) is 6.17. The van der Waals surface area contributed by atoms with Gasteiger partial charge in [-0.05, 0) is 47.6 Å². The van der Waals surface area contributed by atoms with Crippen molar-refractivity contribution in [2.45, 2.75) is 53.2 Å². The van der Waals surface area contributed by atoms with Gasteiger partial charge < -0.3 is 10.1 Å². The Morgan fingerprint density at radius 2 is 1.95 bits per heavy atom. The number of alkyl carbamates (subject to hydrolysis) is 1. The van der Waals surface area contributed by atoms with Crippen molar-refractivity contribution in [3.63, 3.8) is 0 Å². The topological polar surface area (TPSA) is 73.2 Å². The molecular formula is C13H21N3O3. The van der Waals surface area contributed by atoms with E-state index in [1.54, 1.807) is 40.7 Å². The van der Waals surface area contributed by atoms with E-state index in [9.17, 15) is 9.59 Å². The van der Waals surface area contributed by atoms with Crippen molar-refractivity contribution >= 4 is 12.0 Å². The standard InChI is InChI=1S/C13H21N3O3/c1-8-7-9(2)16(15-8)11(17)10(3)14-12(18)19-13(4,5)6/h7,10H,1-6H3,(H,14,18)/t10-/m0/s1. The Morgan fingerprint density at radius 3 is 2.37 bits per heavy atom. The lowest BCUT2D eigenvalue weighted by Gasteiger charge is -2.21. The van der Waals surface area contributed by atoms with Crippen LogP contribution < -0.4 is 5.32 Å². The minimum Gasteiger partial charge on any atom is -0.444 e. The van der Waals surface area contributed by atoms with Crippen LogP contribution in [-0.2, 0) is 4.74 Å². The van der Waals surface area contributed by atoms with Gasteiger partial charge in [0.05, 0.1) is 5.69 Å². The van der Waals surface area contributed by atoms with Crippen molar-refractivity contribution < 1.29 is 14.3 Å². The molecule has 1 amide bonds. The van der Waals surface area contributed by atoms with Crippen LogP contribution in [0.15, 0.2) is 6.07 Å². The van der Waals surface area contributed by atoms with E-state index in [4.69, 9.17) is 4.74 Å². The smallest absolute Gasteiger partial charge is 0.408 e. The van der Waals surface area contributed by atoms with Crippen LogP contribution in [0.2, 0.25) is 0 Å². The van der Waals surface area contributed by atoms with E-state index in [1.165, 1.54) is 4.68 Å². The Morgan fingerprint density at radius 1 is 1.37 bits per heavy atom. The van der Waals surface area contributed by atoms with E-state index in [0.717, 1.165) is 11.4 Å². The summed E-state index contributed by atoms with van der Waals surface area (Å²) in [5.41, 5.74) is 0.904. The summed E-state index contributed by atoms with van der Waals surface area (Å²) in [5.74, 6) is -0.295. The van der Waals surface area contributed by atoms with Gasteiger partial charge in [-0.3, -0.25) is 4.79 Å². The van der Waals surface area contributed by atoms with E-state index in [-0.39, 0.29) is 5.91 Å². The molecule has 0 spiro atoms. The zero-order valence-corrected chi connectivity index (χ0v) is 12.3. The maximum atomic E-state index is 12.1. The summed E-state index contributed by atoms with van der Waals surface area (Å²) in [6, 6.07) is 1.10. The lowest BCUT2D eigenvalue weighted by molar-refractivity contribution is 0.0486. The molecule has 0 saturated heterocycles. The van der Waals surface area contributed by atoms with Gasteiger partial charge in [0.25, 0.3) is 5.91 Å². The van der Waals surface area contributed by atoms with Gasteiger partial charge in [-0.2, -0.15) is 5.10 Å². The number of carbonyl (C=O) groups is 2. The second-order valence-corrected chi connectivity index (χ2v) is 5.55. The molecule has 0 radical (unpaired) electrons. The highest BCUT2D eigenvalue weighted by Crippen LogP contribution is 2.07. The Hall–Kier alpha value is -1.85. The van der Waals surface area contributed by atoms with Crippen LogP contribution in [0.4, 0.5) is 4.79 Å². The Bertz CT molecular complexity index is 486. The summed E-state index contributed by atoms with van der Waals surface area (Å²) in [7, 11) is 0. The average molecular weight is 267 g/mol. The third-order valence-corrected chi connectivity index (χ3v) is 2.32. The van der Waals surface area contributed by atoms with E-state index in [0.29, 0.717) is 0 Å². The average Bonchev–Trinajstić information content (AvgIpc) is 2.53. The molecule has 0 aromatic carbocycles.